The maximum Gasteiger partial charge on any atom is 0.257 e. The number of fused-ring (bicyclic) bond motifs is 1. The highest BCUT2D eigenvalue weighted by Gasteiger charge is 2.25. The number of para-hydroxylation sites is 1. The van der Waals surface area contributed by atoms with Gasteiger partial charge in [0, 0.05) is 13.1 Å². The first-order chi connectivity index (χ1) is 16.5. The monoisotopic (exact) mass is 463 g/mol. The summed E-state index contributed by atoms with van der Waals surface area (Å²) in [4.78, 5) is 24.1. The van der Waals surface area contributed by atoms with Gasteiger partial charge < -0.3 is 35.7 Å². The number of hydrogen-bond donors (Lipinski definition) is 5. The number of benzene rings is 1. The van der Waals surface area contributed by atoms with E-state index in [1.54, 1.807) is 23.1 Å². The van der Waals surface area contributed by atoms with Crippen molar-refractivity contribution in [1.82, 2.24) is 14.9 Å². The predicted octanol–water partition coefficient (Wildman–Crippen LogP) is 4.42. The van der Waals surface area contributed by atoms with Crippen LogP contribution in [-0.4, -0.2) is 45.6 Å². The summed E-state index contributed by atoms with van der Waals surface area (Å²) < 4.78 is 5.83. The topological polar surface area (TPSA) is 128 Å². The van der Waals surface area contributed by atoms with Crippen LogP contribution in [0.25, 0.3) is 0 Å². The van der Waals surface area contributed by atoms with Crippen molar-refractivity contribution < 1.29 is 14.3 Å². The lowest BCUT2D eigenvalue weighted by Crippen LogP contribution is -2.27. The van der Waals surface area contributed by atoms with Gasteiger partial charge in [-0.15, -0.1) is 0 Å². The number of aromatic hydroxyl groups is 1. The molecule has 10 heteroatoms. The van der Waals surface area contributed by atoms with Crippen LogP contribution in [0.1, 0.15) is 54.1 Å². The van der Waals surface area contributed by atoms with Gasteiger partial charge in [0.2, 0.25) is 0 Å². The number of nitrogens with zero attached hydrogens (tertiary/aromatic N) is 3. The fraction of sp³-hybridized carbons (Fsp3) is 0.375. The van der Waals surface area contributed by atoms with Gasteiger partial charge in [0.15, 0.2) is 29.0 Å². The van der Waals surface area contributed by atoms with E-state index in [4.69, 9.17) is 9.40 Å². The van der Waals surface area contributed by atoms with Crippen molar-refractivity contribution in [2.45, 2.75) is 39.2 Å². The van der Waals surface area contributed by atoms with Crippen molar-refractivity contribution in [2.75, 3.05) is 41.0 Å². The molecule has 0 aliphatic carbocycles. The van der Waals surface area contributed by atoms with Gasteiger partial charge in [-0.2, -0.15) is 0 Å². The lowest BCUT2D eigenvalue weighted by molar-refractivity contribution is 0.0790. The number of nitrogens with one attached hydrogen (secondary N) is 4. The van der Waals surface area contributed by atoms with E-state index < -0.39 is 0 Å². The number of phenols is 1. The summed E-state index contributed by atoms with van der Waals surface area (Å²) in [7, 11) is 0. The molecule has 1 atom stereocenters. The number of aromatic nitrogens is 2. The van der Waals surface area contributed by atoms with Gasteiger partial charge in [-0.05, 0) is 50.5 Å². The van der Waals surface area contributed by atoms with Gasteiger partial charge in [-0.3, -0.25) is 4.79 Å². The zero-order chi connectivity index (χ0) is 23.7. The van der Waals surface area contributed by atoms with Gasteiger partial charge in [0.1, 0.15) is 11.5 Å². The number of furan rings is 1. The minimum atomic E-state index is -0.165. The molecule has 0 bridgehead atoms. The Bertz CT molecular complexity index is 1200. The molecular weight excluding hydrogens is 434 g/mol. The van der Waals surface area contributed by atoms with E-state index in [9.17, 15) is 9.90 Å². The Morgan fingerprint density at radius 3 is 2.56 bits per heavy atom. The quantitative estimate of drug-likeness (QED) is 0.323. The van der Waals surface area contributed by atoms with Crippen LogP contribution in [0.3, 0.4) is 0 Å². The average molecular weight is 464 g/mol. The number of rotatable bonds is 7. The summed E-state index contributed by atoms with van der Waals surface area (Å²) in [6, 6.07) is 8.87. The van der Waals surface area contributed by atoms with Crippen LogP contribution in [0.15, 0.2) is 34.7 Å². The number of aryl methyl sites for hydroxylation is 1. The number of carbonyl (C=O) groups excluding carboxylic acids is 1. The normalized spacial score (nSPS) is 15.4. The van der Waals surface area contributed by atoms with Crippen LogP contribution in [0.2, 0.25) is 0 Å². The molecule has 34 heavy (non-hydrogen) atoms. The fourth-order valence-corrected chi connectivity index (χ4v) is 4.30. The fourth-order valence-electron chi connectivity index (χ4n) is 4.30. The molecule has 1 saturated heterocycles. The van der Waals surface area contributed by atoms with Crippen LogP contribution in [0.4, 0.5) is 29.0 Å². The Hall–Kier alpha value is -3.95. The van der Waals surface area contributed by atoms with E-state index in [0.29, 0.717) is 48.7 Å². The Balaban J connectivity index is 1.47. The molecule has 0 spiro atoms. The van der Waals surface area contributed by atoms with Crippen molar-refractivity contribution in [2.24, 2.45) is 0 Å². The Morgan fingerprint density at radius 2 is 1.88 bits per heavy atom. The maximum absolute atomic E-state index is 12.9. The van der Waals surface area contributed by atoms with Crippen LogP contribution >= 0.6 is 0 Å². The second kappa shape index (κ2) is 9.12. The molecule has 1 aromatic carbocycles. The van der Waals surface area contributed by atoms with Gasteiger partial charge >= 0.3 is 0 Å². The summed E-state index contributed by atoms with van der Waals surface area (Å²) in [5.74, 6) is 3.56. The van der Waals surface area contributed by atoms with E-state index in [-0.39, 0.29) is 23.3 Å². The van der Waals surface area contributed by atoms with E-state index >= 15 is 0 Å². The standard InChI is InChI=1S/C24H29N7O3/c1-3-16(18-10-9-14(2)34-18)27-22-23(30-21-20(29-22)25-13-26-21)28-17-8-6-7-15(19(17)32)24(33)31-11-4-5-12-31/h6-10,16,32H,3-5,11-13H2,1-2H3,(H2,25,27,29)(H2,26,28,30)/t16-/m1/s1. The van der Waals surface area contributed by atoms with E-state index in [0.717, 1.165) is 30.8 Å². The molecule has 3 aromatic rings. The second-order valence-corrected chi connectivity index (χ2v) is 8.53. The molecule has 10 nitrogen and oxygen atoms in total. The molecule has 0 radical (unpaired) electrons. The highest BCUT2D eigenvalue weighted by molar-refractivity contribution is 5.99. The van der Waals surface area contributed by atoms with Crippen LogP contribution in [-0.2, 0) is 0 Å². The van der Waals surface area contributed by atoms with Crippen LogP contribution in [0, 0.1) is 6.92 Å². The smallest absolute Gasteiger partial charge is 0.257 e. The van der Waals surface area contributed by atoms with E-state index in [2.05, 4.69) is 33.2 Å². The first-order valence-electron chi connectivity index (χ1n) is 11.6. The number of carbonyl (C=O) groups is 1. The average Bonchev–Trinajstić information content (AvgIpc) is 3.60. The van der Waals surface area contributed by atoms with Crippen molar-refractivity contribution in [3.05, 3.63) is 47.4 Å². The minimum Gasteiger partial charge on any atom is -0.505 e. The lowest BCUT2D eigenvalue weighted by Gasteiger charge is -2.20. The predicted molar refractivity (Wildman–Crippen MR) is 131 cm³/mol. The molecule has 1 fully saturated rings. The number of phenolic OH excluding ortho intramolecular Hbond substituents is 1. The molecule has 0 unspecified atom stereocenters. The molecule has 5 rings (SSSR count). The van der Waals surface area contributed by atoms with Gasteiger partial charge in [0.25, 0.3) is 5.91 Å². The molecular formula is C24H29N7O3. The molecule has 2 aromatic heterocycles. The summed E-state index contributed by atoms with van der Waals surface area (Å²) in [5, 5.41) is 23.9. The summed E-state index contributed by atoms with van der Waals surface area (Å²) in [6.07, 6.45) is 2.74. The summed E-state index contributed by atoms with van der Waals surface area (Å²) in [6.45, 7) is 5.92. The summed E-state index contributed by atoms with van der Waals surface area (Å²) >= 11 is 0. The number of amides is 1. The van der Waals surface area contributed by atoms with E-state index in [1.807, 2.05) is 19.1 Å². The number of anilines is 5. The minimum absolute atomic E-state index is 0.104. The number of hydrogen-bond acceptors (Lipinski definition) is 9. The molecule has 0 saturated carbocycles. The second-order valence-electron chi connectivity index (χ2n) is 8.53. The molecule has 178 valence electrons. The SMILES string of the molecule is CC[C@@H](Nc1nc2c(nc1Nc1cccc(C(=O)N3CCCC3)c1O)NCN2)c1ccc(C)o1. The number of likely N-dealkylation sites (tertiary alicyclic amines) is 1. The first-order valence-corrected chi connectivity index (χ1v) is 11.6. The van der Waals surface area contributed by atoms with Crippen LogP contribution in [0.5, 0.6) is 5.75 Å². The lowest BCUT2D eigenvalue weighted by atomic mass is 10.1. The molecule has 1 amide bonds. The molecule has 4 heterocycles. The molecule has 5 N–H and O–H groups in total. The molecule has 2 aliphatic heterocycles. The van der Waals surface area contributed by atoms with Gasteiger partial charge in [-0.1, -0.05) is 13.0 Å². The zero-order valence-electron chi connectivity index (χ0n) is 19.3. The third-order valence-corrected chi connectivity index (χ3v) is 6.14. The summed E-state index contributed by atoms with van der Waals surface area (Å²) in [5.41, 5.74) is 0.656. The van der Waals surface area contributed by atoms with Gasteiger partial charge in [-0.25, -0.2) is 9.97 Å². The van der Waals surface area contributed by atoms with Crippen molar-refractivity contribution >= 4 is 34.9 Å². The van der Waals surface area contributed by atoms with Crippen LogP contribution < -0.4 is 21.3 Å². The first kappa shape index (κ1) is 21.9. The largest absolute Gasteiger partial charge is 0.505 e. The van der Waals surface area contributed by atoms with Crippen molar-refractivity contribution in [3.8, 4) is 5.75 Å². The Morgan fingerprint density at radius 1 is 1.15 bits per heavy atom. The zero-order valence-corrected chi connectivity index (χ0v) is 19.3. The van der Waals surface area contributed by atoms with E-state index in [1.165, 1.54) is 0 Å². The van der Waals surface area contributed by atoms with Crippen molar-refractivity contribution in [3.63, 3.8) is 0 Å². The highest BCUT2D eigenvalue weighted by atomic mass is 16.3. The van der Waals surface area contributed by atoms with Crippen molar-refractivity contribution in [1.29, 1.82) is 0 Å². The molecule has 2 aliphatic rings. The Labute approximate surface area is 197 Å². The third-order valence-electron chi connectivity index (χ3n) is 6.14. The van der Waals surface area contributed by atoms with Gasteiger partial charge in [0.05, 0.1) is 24.0 Å². The maximum atomic E-state index is 12.9. The highest BCUT2D eigenvalue weighted by Crippen LogP contribution is 2.37. The third kappa shape index (κ3) is 4.18. The Kier molecular flexibility index (Phi) is 5.87.